The topological polar surface area (TPSA) is 45.7 Å². The van der Waals surface area contributed by atoms with Crippen molar-refractivity contribution in [2.45, 2.75) is 30.8 Å². The SMILES string of the molecule is CN=C(NCCSc1ccc(C)cc1)NCC1CCCO1.I. The number of nitrogens with zero attached hydrogens (tertiary/aromatic N) is 1. The van der Waals surface area contributed by atoms with E-state index in [1.165, 1.54) is 16.9 Å². The third-order valence-corrected chi connectivity index (χ3v) is 4.44. The Morgan fingerprint density at radius 3 is 2.73 bits per heavy atom. The van der Waals surface area contributed by atoms with Gasteiger partial charge in [0.2, 0.25) is 0 Å². The molecular weight excluding hydrogens is 409 g/mol. The lowest BCUT2D eigenvalue weighted by molar-refractivity contribution is 0.114. The van der Waals surface area contributed by atoms with Gasteiger partial charge in [-0.1, -0.05) is 17.7 Å². The molecule has 0 aromatic heterocycles. The maximum atomic E-state index is 5.59. The number of aryl methyl sites for hydroxylation is 1. The van der Waals surface area contributed by atoms with Gasteiger partial charge in [-0.15, -0.1) is 35.7 Å². The number of aliphatic imine (C=N–C) groups is 1. The Bertz CT molecular complexity index is 447. The van der Waals surface area contributed by atoms with Crippen molar-refractivity contribution >= 4 is 41.7 Å². The number of benzene rings is 1. The molecule has 4 nitrogen and oxygen atoms in total. The van der Waals surface area contributed by atoms with E-state index >= 15 is 0 Å². The fourth-order valence-corrected chi connectivity index (χ4v) is 2.98. The third kappa shape index (κ3) is 7.19. The summed E-state index contributed by atoms with van der Waals surface area (Å²) in [5.74, 6) is 1.87. The largest absolute Gasteiger partial charge is 0.376 e. The second-order valence-electron chi connectivity index (χ2n) is 5.18. The molecule has 1 unspecified atom stereocenters. The van der Waals surface area contributed by atoms with Crippen molar-refractivity contribution in [2.24, 2.45) is 4.99 Å². The van der Waals surface area contributed by atoms with Crippen LogP contribution in [0.5, 0.6) is 0 Å². The molecule has 2 N–H and O–H groups in total. The van der Waals surface area contributed by atoms with Gasteiger partial charge in [0, 0.05) is 37.4 Å². The molecule has 124 valence electrons. The van der Waals surface area contributed by atoms with Gasteiger partial charge in [-0.25, -0.2) is 0 Å². The zero-order valence-electron chi connectivity index (χ0n) is 13.3. The smallest absolute Gasteiger partial charge is 0.191 e. The van der Waals surface area contributed by atoms with Crippen LogP contribution in [-0.2, 0) is 4.74 Å². The molecule has 0 amide bonds. The van der Waals surface area contributed by atoms with Crippen molar-refractivity contribution in [1.29, 1.82) is 0 Å². The number of thioether (sulfide) groups is 1. The molecule has 1 aromatic rings. The molecular formula is C16H26IN3OS. The van der Waals surface area contributed by atoms with Gasteiger partial charge >= 0.3 is 0 Å². The maximum Gasteiger partial charge on any atom is 0.191 e. The Labute approximate surface area is 154 Å². The van der Waals surface area contributed by atoms with Crippen LogP contribution >= 0.6 is 35.7 Å². The van der Waals surface area contributed by atoms with Crippen molar-refractivity contribution in [3.63, 3.8) is 0 Å². The van der Waals surface area contributed by atoms with Crippen LogP contribution < -0.4 is 10.6 Å². The molecule has 0 bridgehead atoms. The van der Waals surface area contributed by atoms with Crippen LogP contribution in [0.25, 0.3) is 0 Å². The summed E-state index contributed by atoms with van der Waals surface area (Å²) in [7, 11) is 1.80. The lowest BCUT2D eigenvalue weighted by Crippen LogP contribution is -2.41. The molecule has 1 aromatic carbocycles. The van der Waals surface area contributed by atoms with Crippen molar-refractivity contribution in [1.82, 2.24) is 10.6 Å². The molecule has 1 atom stereocenters. The number of hydrogen-bond donors (Lipinski definition) is 2. The molecule has 0 saturated carbocycles. The molecule has 1 fully saturated rings. The van der Waals surface area contributed by atoms with E-state index in [0.717, 1.165) is 37.8 Å². The lowest BCUT2D eigenvalue weighted by Gasteiger charge is -2.14. The molecule has 0 radical (unpaired) electrons. The zero-order valence-corrected chi connectivity index (χ0v) is 16.4. The first kappa shape index (κ1) is 19.6. The summed E-state index contributed by atoms with van der Waals surface area (Å²) in [5.41, 5.74) is 1.30. The minimum atomic E-state index is 0. The number of nitrogens with one attached hydrogen (secondary N) is 2. The average molecular weight is 435 g/mol. The van der Waals surface area contributed by atoms with Crippen molar-refractivity contribution in [3.8, 4) is 0 Å². The average Bonchev–Trinajstić information content (AvgIpc) is 3.02. The predicted octanol–water partition coefficient (Wildman–Crippen LogP) is 3.05. The summed E-state index contributed by atoms with van der Waals surface area (Å²) < 4.78 is 5.59. The zero-order chi connectivity index (χ0) is 14.9. The number of guanidine groups is 1. The van der Waals surface area contributed by atoms with Crippen molar-refractivity contribution in [3.05, 3.63) is 29.8 Å². The Kier molecular flexibility index (Phi) is 9.90. The minimum absolute atomic E-state index is 0. The summed E-state index contributed by atoms with van der Waals surface area (Å²) in [6, 6.07) is 8.64. The highest BCUT2D eigenvalue weighted by molar-refractivity contribution is 14.0. The van der Waals surface area contributed by atoms with Crippen LogP contribution in [0.2, 0.25) is 0 Å². The molecule has 1 heterocycles. The van der Waals surface area contributed by atoms with E-state index in [-0.39, 0.29) is 24.0 Å². The molecule has 1 aliphatic heterocycles. The quantitative estimate of drug-likeness (QED) is 0.237. The Morgan fingerprint density at radius 1 is 1.32 bits per heavy atom. The van der Waals surface area contributed by atoms with E-state index < -0.39 is 0 Å². The highest BCUT2D eigenvalue weighted by atomic mass is 127. The van der Waals surface area contributed by atoms with Crippen LogP contribution in [0.3, 0.4) is 0 Å². The molecule has 22 heavy (non-hydrogen) atoms. The third-order valence-electron chi connectivity index (χ3n) is 3.43. The number of ether oxygens (including phenoxy) is 1. The summed E-state index contributed by atoms with van der Waals surface area (Å²) in [6.07, 6.45) is 2.66. The van der Waals surface area contributed by atoms with E-state index in [0.29, 0.717) is 6.10 Å². The van der Waals surface area contributed by atoms with Gasteiger partial charge in [0.1, 0.15) is 0 Å². The Balaban J connectivity index is 0.00000242. The van der Waals surface area contributed by atoms with Crippen LogP contribution in [0.4, 0.5) is 0 Å². The first-order valence-electron chi connectivity index (χ1n) is 7.53. The molecule has 0 spiro atoms. The second-order valence-corrected chi connectivity index (χ2v) is 6.34. The van der Waals surface area contributed by atoms with E-state index in [1.54, 1.807) is 7.05 Å². The van der Waals surface area contributed by atoms with Crippen molar-refractivity contribution < 1.29 is 4.74 Å². The number of rotatable bonds is 6. The van der Waals surface area contributed by atoms with Gasteiger partial charge in [-0.2, -0.15) is 0 Å². The van der Waals surface area contributed by atoms with Gasteiger partial charge in [-0.3, -0.25) is 4.99 Å². The van der Waals surface area contributed by atoms with Gasteiger partial charge in [0.25, 0.3) is 0 Å². The summed E-state index contributed by atoms with van der Waals surface area (Å²) >= 11 is 1.86. The van der Waals surface area contributed by atoms with Crippen molar-refractivity contribution in [2.75, 3.05) is 32.5 Å². The first-order chi connectivity index (χ1) is 10.3. The van der Waals surface area contributed by atoms with E-state index in [4.69, 9.17) is 4.74 Å². The van der Waals surface area contributed by atoms with E-state index in [1.807, 2.05) is 11.8 Å². The first-order valence-corrected chi connectivity index (χ1v) is 8.52. The van der Waals surface area contributed by atoms with E-state index in [2.05, 4.69) is 46.8 Å². The molecule has 0 aliphatic carbocycles. The van der Waals surface area contributed by atoms with Crippen LogP contribution in [0, 0.1) is 6.92 Å². The maximum absolute atomic E-state index is 5.59. The van der Waals surface area contributed by atoms with Crippen LogP contribution in [-0.4, -0.2) is 44.6 Å². The highest BCUT2D eigenvalue weighted by Crippen LogP contribution is 2.17. The fraction of sp³-hybridized carbons (Fsp3) is 0.562. The molecule has 1 saturated heterocycles. The Hall–Kier alpha value is -0.470. The van der Waals surface area contributed by atoms with Gasteiger partial charge < -0.3 is 15.4 Å². The van der Waals surface area contributed by atoms with Crippen LogP contribution in [0.15, 0.2) is 34.2 Å². The number of halogens is 1. The van der Waals surface area contributed by atoms with Gasteiger partial charge in [0.05, 0.1) is 6.10 Å². The Morgan fingerprint density at radius 2 is 2.09 bits per heavy atom. The number of hydrogen-bond acceptors (Lipinski definition) is 3. The summed E-state index contributed by atoms with van der Waals surface area (Å²) in [6.45, 7) is 4.74. The monoisotopic (exact) mass is 435 g/mol. The van der Waals surface area contributed by atoms with Gasteiger partial charge in [0.15, 0.2) is 5.96 Å². The molecule has 1 aliphatic rings. The minimum Gasteiger partial charge on any atom is -0.376 e. The van der Waals surface area contributed by atoms with E-state index in [9.17, 15) is 0 Å². The predicted molar refractivity (Wildman–Crippen MR) is 106 cm³/mol. The second kappa shape index (κ2) is 11.1. The standard InChI is InChI=1S/C16H25N3OS.HI/c1-13-5-7-15(8-6-13)21-11-9-18-16(17-2)19-12-14-4-3-10-20-14;/h5-8,14H,3-4,9-12H2,1-2H3,(H2,17,18,19);1H. The summed E-state index contributed by atoms with van der Waals surface area (Å²) in [5, 5.41) is 6.66. The highest BCUT2D eigenvalue weighted by Gasteiger charge is 2.15. The fourth-order valence-electron chi connectivity index (χ4n) is 2.21. The lowest BCUT2D eigenvalue weighted by atomic mass is 10.2. The molecule has 6 heteroatoms. The summed E-state index contributed by atoms with van der Waals surface area (Å²) in [4.78, 5) is 5.54. The molecule has 2 rings (SSSR count). The van der Waals surface area contributed by atoms with Gasteiger partial charge in [-0.05, 0) is 31.9 Å². The van der Waals surface area contributed by atoms with Crippen LogP contribution in [0.1, 0.15) is 18.4 Å². The normalized spacial score (nSPS) is 17.9.